The van der Waals surface area contributed by atoms with Gasteiger partial charge in [0.1, 0.15) is 31.0 Å². The number of nitrogens with zero attached hydrogens (tertiary/aromatic N) is 2. The van der Waals surface area contributed by atoms with E-state index in [4.69, 9.17) is 24.2 Å². The Morgan fingerprint density at radius 3 is 2.54 bits per heavy atom. The van der Waals surface area contributed by atoms with Gasteiger partial charge in [-0.05, 0) is 80.5 Å². The second kappa shape index (κ2) is 16.0. The number of hydrogen-bond acceptors (Lipinski definition) is 11. The third-order valence-corrected chi connectivity index (χ3v) is 11.7. The van der Waals surface area contributed by atoms with Gasteiger partial charge in [-0.15, -0.1) is 0 Å². The summed E-state index contributed by atoms with van der Waals surface area (Å²) in [5.74, 6) is -0.818. The molecule has 14 nitrogen and oxygen atoms in total. The van der Waals surface area contributed by atoms with Crippen LogP contribution in [0.3, 0.4) is 0 Å². The first-order valence-corrected chi connectivity index (χ1v) is 19.3. The molecule has 1 saturated heterocycles. The second-order valence-corrected chi connectivity index (χ2v) is 15.1. The van der Waals surface area contributed by atoms with Crippen molar-refractivity contribution in [1.82, 2.24) is 25.3 Å². The zero-order valence-corrected chi connectivity index (χ0v) is 32.4. The molecule has 7 N–H and O–H groups in total. The quantitative estimate of drug-likeness (QED) is 0.108. The van der Waals surface area contributed by atoms with Crippen molar-refractivity contribution in [3.8, 4) is 0 Å². The summed E-state index contributed by atoms with van der Waals surface area (Å²) < 4.78 is 16.7. The molecule has 0 radical (unpaired) electrons. The highest BCUT2D eigenvalue weighted by Gasteiger charge is 2.44. The maximum atomic E-state index is 13.3. The Labute approximate surface area is 324 Å². The fourth-order valence-electron chi connectivity index (χ4n) is 8.35. The predicted molar refractivity (Wildman–Crippen MR) is 209 cm³/mol. The van der Waals surface area contributed by atoms with Crippen LogP contribution in [0.2, 0.25) is 0 Å². The normalized spacial score (nSPS) is 24.7. The Morgan fingerprint density at radius 1 is 1.04 bits per heavy atom. The van der Waals surface area contributed by atoms with Crippen molar-refractivity contribution < 1.29 is 44.2 Å². The molecule has 4 aliphatic rings. The summed E-state index contributed by atoms with van der Waals surface area (Å²) >= 11 is 0. The van der Waals surface area contributed by atoms with Gasteiger partial charge >= 0.3 is 5.97 Å². The number of carbonyl (C=O) groups excluding carboxylic acids is 2. The fraction of sp³-hybridized carbons (Fsp3) is 0.476. The molecule has 298 valence electrons. The standard InChI is InChI=1S/C42H51N5O9/c1-7-23-19(3)27-14-29-21(5)25(10-11-34(49)43-12-9-13-54-42-40(52)39(51)38(50)33(17-48)56-42)36(46-29)26-18-55-41(53)35-22(6)30(47-37(26)35)16-32-24(8-2)20(4)28(45-32)15-31(23)44-27/h7,14-16,21,25,33,38-40,42,45,47-48,50-52H,1,8-13,17-18H2,2-6H3,(H,43,49)/t21-,25-,33+,38+,39?,40+,42+/m0/s1. The minimum atomic E-state index is -1.53. The van der Waals surface area contributed by atoms with Crippen LogP contribution in [-0.2, 0) is 32.0 Å². The van der Waals surface area contributed by atoms with E-state index in [1.54, 1.807) is 0 Å². The highest BCUT2D eigenvalue weighted by Crippen LogP contribution is 2.44. The molecular weight excluding hydrogens is 718 g/mol. The number of amides is 1. The molecule has 0 aromatic carbocycles. The number of allylic oxidation sites excluding steroid dienone is 3. The van der Waals surface area contributed by atoms with Gasteiger partial charge < -0.3 is 49.9 Å². The Bertz CT molecular complexity index is 2260. The van der Waals surface area contributed by atoms with E-state index in [1.165, 1.54) is 5.56 Å². The monoisotopic (exact) mass is 769 g/mol. The summed E-state index contributed by atoms with van der Waals surface area (Å²) in [6.07, 6.45) is -3.06. The summed E-state index contributed by atoms with van der Waals surface area (Å²) in [6, 6.07) is 6.14. The van der Waals surface area contributed by atoms with Crippen LogP contribution in [0, 0.1) is 13.8 Å². The number of rotatable bonds is 11. The van der Waals surface area contributed by atoms with Gasteiger partial charge in [0.25, 0.3) is 0 Å². The molecule has 0 aliphatic carbocycles. The molecular formula is C42H51N5O9. The fourth-order valence-corrected chi connectivity index (χ4v) is 8.35. The SMILES string of the molecule is C=CC1=C(C)c2cc3nc(c4c5[nH]c(cc6[nH]c(cc1n2)c(C)c6CC)c(C)c5C(=O)OC4)[C@@H](CCC(=O)NCCCO[C@@H]1O[C@H](CO)[C@@H](O)C(O)[C@H]1O)[C@@H]3C. The number of aryl methyl sites for hydroxylation is 3. The van der Waals surface area contributed by atoms with E-state index in [1.807, 2.05) is 26.0 Å². The average molecular weight is 770 g/mol. The molecule has 8 bridgehead atoms. The number of aliphatic hydroxyl groups excluding tert-OH is 4. The van der Waals surface area contributed by atoms with Gasteiger partial charge in [0.05, 0.1) is 41.4 Å². The van der Waals surface area contributed by atoms with Crippen LogP contribution in [0.25, 0.3) is 33.2 Å². The summed E-state index contributed by atoms with van der Waals surface area (Å²) in [7, 11) is 0. The topological polar surface area (TPSA) is 212 Å². The Hall–Kier alpha value is -4.70. The van der Waals surface area contributed by atoms with Gasteiger partial charge in [-0.3, -0.25) is 9.78 Å². The first kappa shape index (κ1) is 39.5. The van der Waals surface area contributed by atoms with Crippen LogP contribution in [0.15, 0.2) is 30.9 Å². The van der Waals surface area contributed by atoms with Crippen molar-refractivity contribution in [2.45, 2.75) is 109 Å². The molecule has 7 heterocycles. The zero-order valence-electron chi connectivity index (χ0n) is 32.4. The van der Waals surface area contributed by atoms with Gasteiger partial charge in [0.15, 0.2) is 6.29 Å². The lowest BCUT2D eigenvalue weighted by Crippen LogP contribution is -2.59. The van der Waals surface area contributed by atoms with E-state index in [0.29, 0.717) is 23.9 Å². The van der Waals surface area contributed by atoms with E-state index in [9.17, 15) is 30.0 Å². The molecule has 3 aromatic rings. The van der Waals surface area contributed by atoms with Gasteiger partial charge in [0.2, 0.25) is 5.91 Å². The molecule has 1 fully saturated rings. The van der Waals surface area contributed by atoms with E-state index in [-0.39, 0.29) is 43.9 Å². The van der Waals surface area contributed by atoms with Crippen LogP contribution in [0.5, 0.6) is 0 Å². The summed E-state index contributed by atoms with van der Waals surface area (Å²) in [4.78, 5) is 44.0. The number of cyclic esters (lactones) is 1. The third-order valence-electron chi connectivity index (χ3n) is 11.7. The molecule has 1 amide bonds. The van der Waals surface area contributed by atoms with Crippen LogP contribution in [0.1, 0.15) is 107 Å². The smallest absolute Gasteiger partial charge is 0.340 e. The first-order valence-electron chi connectivity index (χ1n) is 19.3. The van der Waals surface area contributed by atoms with Crippen LogP contribution < -0.4 is 5.32 Å². The average Bonchev–Trinajstić information content (AvgIpc) is 3.87. The van der Waals surface area contributed by atoms with Crippen LogP contribution in [0.4, 0.5) is 0 Å². The number of aliphatic hydroxyl groups is 4. The molecule has 3 aromatic heterocycles. The Balaban J connectivity index is 1.19. The highest BCUT2D eigenvalue weighted by molar-refractivity contribution is 6.04. The number of esters is 1. The zero-order chi connectivity index (χ0) is 40.0. The molecule has 4 aliphatic heterocycles. The van der Waals surface area contributed by atoms with Crippen LogP contribution >= 0.6 is 0 Å². The molecule has 1 unspecified atom stereocenters. The lowest BCUT2D eigenvalue weighted by atomic mass is 9.85. The van der Waals surface area contributed by atoms with Gasteiger partial charge in [0, 0.05) is 58.2 Å². The Morgan fingerprint density at radius 2 is 1.80 bits per heavy atom. The summed E-state index contributed by atoms with van der Waals surface area (Å²) in [5, 5.41) is 42.6. The molecule has 0 saturated carbocycles. The largest absolute Gasteiger partial charge is 0.457 e. The number of H-pyrrole nitrogens is 2. The number of hydrogen-bond donors (Lipinski definition) is 7. The second-order valence-electron chi connectivity index (χ2n) is 15.1. The number of carbonyl (C=O) groups is 2. The number of fused-ring (bicyclic) bond motifs is 8. The molecule has 14 heteroatoms. The number of nitrogens with one attached hydrogen (secondary N) is 3. The van der Waals surface area contributed by atoms with Crippen molar-refractivity contribution >= 4 is 45.1 Å². The summed E-state index contributed by atoms with van der Waals surface area (Å²) in [6.45, 7) is 14.3. The minimum absolute atomic E-state index is 0.0422. The third kappa shape index (κ3) is 7.10. The molecule has 7 rings (SSSR count). The molecule has 56 heavy (non-hydrogen) atoms. The Kier molecular flexibility index (Phi) is 11.3. The van der Waals surface area contributed by atoms with Gasteiger partial charge in [-0.2, -0.15) is 0 Å². The minimum Gasteiger partial charge on any atom is -0.457 e. The van der Waals surface area contributed by atoms with E-state index in [0.717, 1.165) is 73.6 Å². The van der Waals surface area contributed by atoms with Crippen molar-refractivity contribution in [2.75, 3.05) is 19.8 Å². The lowest BCUT2D eigenvalue weighted by Gasteiger charge is -2.39. The van der Waals surface area contributed by atoms with Crippen molar-refractivity contribution in [3.05, 3.63) is 81.4 Å². The predicted octanol–water partition coefficient (Wildman–Crippen LogP) is 4.27. The maximum absolute atomic E-state index is 13.3. The number of aromatic amines is 2. The first-order chi connectivity index (χ1) is 26.9. The highest BCUT2D eigenvalue weighted by atomic mass is 16.7. The molecule has 0 spiro atoms. The van der Waals surface area contributed by atoms with E-state index >= 15 is 0 Å². The van der Waals surface area contributed by atoms with E-state index in [2.05, 4.69) is 54.8 Å². The van der Waals surface area contributed by atoms with Crippen molar-refractivity contribution in [2.24, 2.45) is 0 Å². The van der Waals surface area contributed by atoms with Gasteiger partial charge in [-0.25, -0.2) is 9.78 Å². The van der Waals surface area contributed by atoms with Gasteiger partial charge in [-0.1, -0.05) is 26.5 Å². The van der Waals surface area contributed by atoms with Crippen LogP contribution in [-0.4, -0.2) is 103 Å². The summed E-state index contributed by atoms with van der Waals surface area (Å²) in [5.41, 5.74) is 12.9. The number of ether oxygens (including phenoxy) is 3. The number of aromatic nitrogens is 4. The van der Waals surface area contributed by atoms with Crippen molar-refractivity contribution in [3.63, 3.8) is 0 Å². The van der Waals surface area contributed by atoms with E-state index < -0.39 is 43.3 Å². The maximum Gasteiger partial charge on any atom is 0.340 e. The lowest BCUT2D eigenvalue weighted by molar-refractivity contribution is -0.301. The molecule has 7 atom stereocenters. The van der Waals surface area contributed by atoms with Crippen molar-refractivity contribution in [1.29, 1.82) is 0 Å².